The Morgan fingerprint density at radius 3 is 1.56 bits per heavy atom. The van der Waals surface area contributed by atoms with Gasteiger partial charge < -0.3 is 5.73 Å². The van der Waals surface area contributed by atoms with E-state index < -0.39 is 10.1 Å². The van der Waals surface area contributed by atoms with Crippen LogP contribution in [-0.2, 0) is 10.1 Å². The Morgan fingerprint density at radius 2 is 1.33 bits per heavy atom. The molecule has 0 aromatic carbocycles. The summed E-state index contributed by atoms with van der Waals surface area (Å²) < 4.78 is 25.9. The lowest BCUT2D eigenvalue weighted by Gasteiger charge is -2.50. The molecule has 1 aliphatic carbocycles. The van der Waals surface area contributed by atoms with E-state index in [2.05, 4.69) is 34.6 Å². The second kappa shape index (κ2) is 5.47. The number of hydrogen-bond acceptors (Lipinski definition) is 3. The first-order valence-electron chi connectivity index (χ1n) is 6.39. The van der Waals surface area contributed by atoms with Crippen LogP contribution >= 0.6 is 0 Å². The average Bonchev–Trinajstić information content (AvgIpc) is 1.93. The summed E-state index contributed by atoms with van der Waals surface area (Å²) in [7, 11) is -3.67. The minimum Gasteiger partial charge on any atom is -0.325 e. The fraction of sp³-hybridized carbons (Fsp3) is 1.00. The molecule has 1 saturated carbocycles. The summed E-state index contributed by atoms with van der Waals surface area (Å²) in [5.41, 5.74) is 7.34. The van der Waals surface area contributed by atoms with Gasteiger partial charge in [0, 0.05) is 5.54 Å². The molecule has 0 aliphatic heterocycles. The highest BCUT2D eigenvalue weighted by atomic mass is 32.2. The fourth-order valence-corrected chi connectivity index (χ4v) is 3.64. The van der Waals surface area contributed by atoms with E-state index in [0.717, 1.165) is 6.42 Å². The third-order valence-electron chi connectivity index (χ3n) is 3.32. The lowest BCUT2D eigenvalue weighted by atomic mass is 9.58. The highest BCUT2D eigenvalue weighted by Crippen LogP contribution is 2.49. The van der Waals surface area contributed by atoms with Crippen LogP contribution in [-0.4, -0.2) is 24.8 Å². The summed E-state index contributed by atoms with van der Waals surface area (Å²) in [4.78, 5) is 0. The molecule has 0 amide bonds. The van der Waals surface area contributed by atoms with Gasteiger partial charge in [0.25, 0.3) is 10.1 Å². The molecular formula is C13H29NO3S. The molecule has 0 bridgehead atoms. The summed E-state index contributed by atoms with van der Waals surface area (Å²) in [6.45, 7) is 11.6. The third kappa shape index (κ3) is 8.06. The van der Waals surface area contributed by atoms with E-state index in [4.69, 9.17) is 10.3 Å². The molecule has 1 rings (SSSR count). The van der Waals surface area contributed by atoms with E-state index in [1.165, 1.54) is 19.3 Å². The smallest absolute Gasteiger partial charge is 0.261 e. The molecule has 5 heteroatoms. The predicted octanol–water partition coefficient (Wildman–Crippen LogP) is 2.83. The second-order valence-electron chi connectivity index (χ2n) is 7.31. The molecule has 4 nitrogen and oxygen atoms in total. The summed E-state index contributed by atoms with van der Waals surface area (Å²) in [5.74, 6) is 0. The molecule has 18 heavy (non-hydrogen) atoms. The summed E-state index contributed by atoms with van der Waals surface area (Å²) in [6.07, 6.45) is 5.49. The van der Waals surface area contributed by atoms with Gasteiger partial charge in [0.2, 0.25) is 0 Å². The molecule has 3 N–H and O–H groups in total. The van der Waals surface area contributed by atoms with Crippen molar-refractivity contribution in [2.24, 2.45) is 16.6 Å². The van der Waals surface area contributed by atoms with E-state index in [-0.39, 0.29) is 5.54 Å². The first-order chi connectivity index (χ1) is 7.68. The van der Waals surface area contributed by atoms with Gasteiger partial charge in [0.15, 0.2) is 0 Å². The fourth-order valence-electron chi connectivity index (χ4n) is 3.64. The van der Waals surface area contributed by atoms with E-state index in [1.807, 2.05) is 0 Å². The minimum absolute atomic E-state index is 0.0885. The monoisotopic (exact) mass is 279 g/mol. The molecule has 0 aromatic heterocycles. The van der Waals surface area contributed by atoms with Gasteiger partial charge in [-0.3, -0.25) is 4.55 Å². The SMILES string of the molecule is CCC1(N)CC(C)(C)CC(C)(C)C1.CS(=O)(=O)O. The summed E-state index contributed by atoms with van der Waals surface area (Å²) >= 11 is 0. The summed E-state index contributed by atoms with van der Waals surface area (Å²) in [6, 6.07) is 0. The van der Waals surface area contributed by atoms with Crippen LogP contribution in [0.25, 0.3) is 0 Å². The Bertz CT molecular complexity index is 348. The second-order valence-corrected chi connectivity index (χ2v) is 8.77. The van der Waals surface area contributed by atoms with E-state index in [0.29, 0.717) is 17.1 Å². The van der Waals surface area contributed by atoms with Crippen LogP contribution in [0.4, 0.5) is 0 Å². The Balaban J connectivity index is 0.000000494. The van der Waals surface area contributed by atoms with Crippen LogP contribution in [0.2, 0.25) is 0 Å². The van der Waals surface area contributed by atoms with Crippen molar-refractivity contribution in [1.29, 1.82) is 0 Å². The first kappa shape index (κ1) is 17.9. The van der Waals surface area contributed by atoms with Gasteiger partial charge in [-0.2, -0.15) is 8.42 Å². The van der Waals surface area contributed by atoms with E-state index in [9.17, 15) is 8.42 Å². The first-order valence-corrected chi connectivity index (χ1v) is 8.24. The van der Waals surface area contributed by atoms with Gasteiger partial charge in [-0.1, -0.05) is 34.6 Å². The van der Waals surface area contributed by atoms with Gasteiger partial charge in [0.05, 0.1) is 6.26 Å². The zero-order valence-corrected chi connectivity index (χ0v) is 13.4. The molecule has 0 aromatic rings. The molecule has 0 saturated heterocycles. The molecule has 0 spiro atoms. The standard InChI is InChI=1S/C12H25N.CH4O3S/c1-6-12(13)8-10(2,3)7-11(4,5)9-12;1-5(2,3)4/h6-9,13H2,1-5H3;1H3,(H,2,3,4). The van der Waals surface area contributed by atoms with Crippen LogP contribution in [0.3, 0.4) is 0 Å². The van der Waals surface area contributed by atoms with Crippen LogP contribution in [0.1, 0.15) is 60.3 Å². The van der Waals surface area contributed by atoms with Gasteiger partial charge in [-0.15, -0.1) is 0 Å². The zero-order valence-electron chi connectivity index (χ0n) is 12.6. The van der Waals surface area contributed by atoms with Crippen LogP contribution in [0.15, 0.2) is 0 Å². The largest absolute Gasteiger partial charge is 0.325 e. The third-order valence-corrected chi connectivity index (χ3v) is 3.32. The molecule has 0 unspecified atom stereocenters. The van der Waals surface area contributed by atoms with Crippen molar-refractivity contribution in [3.05, 3.63) is 0 Å². The molecular weight excluding hydrogens is 250 g/mol. The van der Waals surface area contributed by atoms with Gasteiger partial charge in [-0.05, 0) is 36.5 Å². The maximum absolute atomic E-state index is 9.19. The van der Waals surface area contributed by atoms with Crippen molar-refractivity contribution in [1.82, 2.24) is 0 Å². The van der Waals surface area contributed by atoms with Crippen molar-refractivity contribution in [2.75, 3.05) is 6.26 Å². The maximum Gasteiger partial charge on any atom is 0.261 e. The van der Waals surface area contributed by atoms with Crippen molar-refractivity contribution >= 4 is 10.1 Å². The Morgan fingerprint density at radius 1 is 1.06 bits per heavy atom. The lowest BCUT2D eigenvalue weighted by molar-refractivity contribution is 0.0467. The normalized spacial score (nSPS) is 24.9. The van der Waals surface area contributed by atoms with Crippen LogP contribution in [0.5, 0.6) is 0 Å². The van der Waals surface area contributed by atoms with Crippen molar-refractivity contribution in [2.45, 2.75) is 65.8 Å². The zero-order chi connectivity index (χ0) is 14.8. The quantitative estimate of drug-likeness (QED) is 0.723. The summed E-state index contributed by atoms with van der Waals surface area (Å²) in [5, 5.41) is 0. The number of rotatable bonds is 1. The Labute approximate surface area is 112 Å². The molecule has 1 aliphatic rings. The van der Waals surface area contributed by atoms with Crippen LogP contribution < -0.4 is 5.73 Å². The molecule has 0 atom stereocenters. The number of nitrogens with two attached hydrogens (primary N) is 1. The highest BCUT2D eigenvalue weighted by molar-refractivity contribution is 7.85. The van der Waals surface area contributed by atoms with Crippen molar-refractivity contribution in [3.63, 3.8) is 0 Å². The van der Waals surface area contributed by atoms with Gasteiger partial charge >= 0.3 is 0 Å². The van der Waals surface area contributed by atoms with Crippen LogP contribution in [0, 0.1) is 10.8 Å². The minimum atomic E-state index is -3.67. The molecule has 0 heterocycles. The Hall–Kier alpha value is -0.130. The Kier molecular flexibility index (Phi) is 5.43. The molecule has 0 radical (unpaired) electrons. The van der Waals surface area contributed by atoms with E-state index in [1.54, 1.807) is 0 Å². The van der Waals surface area contributed by atoms with Gasteiger partial charge in [0.1, 0.15) is 0 Å². The number of hydrogen-bond donors (Lipinski definition) is 2. The average molecular weight is 279 g/mol. The highest BCUT2D eigenvalue weighted by Gasteiger charge is 2.44. The maximum atomic E-state index is 9.19. The van der Waals surface area contributed by atoms with Crippen molar-refractivity contribution < 1.29 is 13.0 Å². The topological polar surface area (TPSA) is 80.4 Å². The molecule has 1 fully saturated rings. The lowest BCUT2D eigenvalue weighted by Crippen LogP contribution is -2.51. The van der Waals surface area contributed by atoms with Gasteiger partial charge in [-0.25, -0.2) is 0 Å². The van der Waals surface area contributed by atoms with Crippen molar-refractivity contribution in [3.8, 4) is 0 Å². The molecule has 110 valence electrons. The van der Waals surface area contributed by atoms with E-state index >= 15 is 0 Å². The predicted molar refractivity (Wildman–Crippen MR) is 76.1 cm³/mol.